The third-order valence-electron chi connectivity index (χ3n) is 6.10. The van der Waals surface area contributed by atoms with E-state index in [1.54, 1.807) is 0 Å². The molecule has 2 aromatic rings. The van der Waals surface area contributed by atoms with Crippen molar-refractivity contribution >= 4 is 11.9 Å². The number of methoxy groups -OCH3 is 1. The van der Waals surface area contributed by atoms with Gasteiger partial charge in [0, 0.05) is 11.8 Å². The van der Waals surface area contributed by atoms with Gasteiger partial charge >= 0.3 is 11.9 Å². The first-order valence-corrected chi connectivity index (χ1v) is 8.13. The summed E-state index contributed by atoms with van der Waals surface area (Å²) in [6, 6.07) is 17.6. The summed E-state index contributed by atoms with van der Waals surface area (Å²) >= 11 is 0. The number of carbonyl (C=O) groups excluding carboxylic acids is 2. The standard InChI is InChI=1S/C20H16O4/c1-23-18(22)20-15-11-12-7-5-6-10-14(12)16(15)19(20,17(21)24-20)13-8-3-2-4-9-13/h2-10,15-16H,11H2,1H3/t15-,16+,19-,20+/m0/s1. The molecule has 0 spiro atoms. The van der Waals surface area contributed by atoms with Gasteiger partial charge in [-0.3, -0.25) is 4.79 Å². The van der Waals surface area contributed by atoms with E-state index in [0.29, 0.717) is 0 Å². The van der Waals surface area contributed by atoms with E-state index in [0.717, 1.165) is 17.5 Å². The van der Waals surface area contributed by atoms with Crippen LogP contribution < -0.4 is 0 Å². The molecule has 4 heteroatoms. The number of rotatable bonds is 2. The Labute approximate surface area is 139 Å². The Balaban J connectivity index is 1.77. The molecule has 3 aliphatic rings. The summed E-state index contributed by atoms with van der Waals surface area (Å²) in [6.07, 6.45) is 0.734. The maximum Gasteiger partial charge on any atom is 0.352 e. The molecule has 0 radical (unpaired) electrons. The van der Waals surface area contributed by atoms with Gasteiger partial charge in [0.15, 0.2) is 5.41 Å². The zero-order valence-electron chi connectivity index (χ0n) is 13.2. The molecular weight excluding hydrogens is 304 g/mol. The highest BCUT2D eigenvalue weighted by Gasteiger charge is 2.90. The normalized spacial score (nSPS) is 34.8. The van der Waals surface area contributed by atoms with Crippen molar-refractivity contribution in [2.24, 2.45) is 5.92 Å². The number of carbonyl (C=O) groups is 2. The van der Waals surface area contributed by atoms with Crippen molar-refractivity contribution in [2.45, 2.75) is 23.4 Å². The molecule has 1 saturated carbocycles. The first kappa shape index (κ1) is 13.8. The summed E-state index contributed by atoms with van der Waals surface area (Å²) in [4.78, 5) is 25.5. The molecule has 1 aliphatic heterocycles. The maximum absolute atomic E-state index is 12.8. The van der Waals surface area contributed by atoms with Crippen molar-refractivity contribution in [1.29, 1.82) is 0 Å². The molecule has 0 bridgehead atoms. The van der Waals surface area contributed by atoms with Gasteiger partial charge in [-0.2, -0.15) is 0 Å². The fourth-order valence-corrected chi connectivity index (χ4v) is 5.27. The highest BCUT2D eigenvalue weighted by atomic mass is 16.6. The van der Waals surface area contributed by atoms with Crippen LogP contribution in [-0.2, 0) is 30.9 Å². The lowest BCUT2D eigenvalue weighted by atomic mass is 9.38. The first-order chi connectivity index (χ1) is 11.7. The minimum absolute atomic E-state index is 0.0311. The Morgan fingerprint density at radius 2 is 1.83 bits per heavy atom. The minimum atomic E-state index is -1.19. The predicted octanol–water partition coefficient (Wildman–Crippen LogP) is 2.36. The van der Waals surface area contributed by atoms with Gasteiger partial charge in [0.1, 0.15) is 0 Å². The van der Waals surface area contributed by atoms with Gasteiger partial charge in [-0.1, -0.05) is 54.6 Å². The fraction of sp³-hybridized carbons (Fsp3) is 0.300. The SMILES string of the molecule is COC(=O)[C@@]12OC(=O)[C@]1(c1ccccc1)[C@@H]1c3ccccc3C[C@@H]12. The second kappa shape index (κ2) is 4.26. The summed E-state index contributed by atoms with van der Waals surface area (Å²) in [5, 5.41) is 0. The summed E-state index contributed by atoms with van der Waals surface area (Å²) in [5.74, 6) is -0.853. The number of ether oxygens (including phenoxy) is 2. The predicted molar refractivity (Wildman–Crippen MR) is 85.3 cm³/mol. The average molecular weight is 320 g/mol. The summed E-state index contributed by atoms with van der Waals surface area (Å²) in [6.45, 7) is 0. The van der Waals surface area contributed by atoms with Crippen molar-refractivity contribution < 1.29 is 19.1 Å². The van der Waals surface area contributed by atoms with Crippen LogP contribution in [0, 0.1) is 5.92 Å². The number of esters is 2. The second-order valence-electron chi connectivity index (χ2n) is 6.78. The number of hydrogen-bond donors (Lipinski definition) is 0. The van der Waals surface area contributed by atoms with Crippen LogP contribution in [0.1, 0.15) is 22.6 Å². The van der Waals surface area contributed by atoms with Gasteiger partial charge in [0.2, 0.25) is 5.60 Å². The second-order valence-corrected chi connectivity index (χ2v) is 6.78. The van der Waals surface area contributed by atoms with Crippen LogP contribution in [0.4, 0.5) is 0 Å². The van der Waals surface area contributed by atoms with E-state index in [1.807, 2.05) is 42.5 Å². The zero-order chi connectivity index (χ0) is 16.5. The quantitative estimate of drug-likeness (QED) is 0.797. The van der Waals surface area contributed by atoms with E-state index in [4.69, 9.17) is 9.47 Å². The molecule has 4 atom stereocenters. The van der Waals surface area contributed by atoms with Crippen LogP contribution in [0.5, 0.6) is 0 Å². The van der Waals surface area contributed by atoms with Crippen LogP contribution in [-0.4, -0.2) is 24.6 Å². The molecule has 4 nitrogen and oxygen atoms in total. The monoisotopic (exact) mass is 320 g/mol. The van der Waals surface area contributed by atoms with Crippen molar-refractivity contribution in [3.63, 3.8) is 0 Å². The van der Waals surface area contributed by atoms with Crippen molar-refractivity contribution in [3.8, 4) is 0 Å². The van der Waals surface area contributed by atoms with Gasteiger partial charge in [-0.05, 0) is 23.1 Å². The molecular formula is C20H16O4. The lowest BCUT2D eigenvalue weighted by molar-refractivity contribution is -0.286. The van der Waals surface area contributed by atoms with E-state index in [2.05, 4.69) is 12.1 Å². The van der Waals surface area contributed by atoms with Crippen LogP contribution in [0.2, 0.25) is 0 Å². The Kier molecular flexibility index (Phi) is 2.45. The molecule has 1 saturated heterocycles. The molecule has 120 valence electrons. The maximum atomic E-state index is 12.8. The molecule has 0 aromatic heterocycles. The van der Waals surface area contributed by atoms with Gasteiger partial charge in [0.05, 0.1) is 7.11 Å². The van der Waals surface area contributed by atoms with Gasteiger partial charge in [-0.25, -0.2) is 4.79 Å². The van der Waals surface area contributed by atoms with E-state index < -0.39 is 17.0 Å². The molecule has 1 heterocycles. The fourth-order valence-electron chi connectivity index (χ4n) is 5.27. The lowest BCUT2D eigenvalue weighted by Crippen LogP contribution is -2.87. The highest BCUT2D eigenvalue weighted by molar-refractivity contribution is 6.07. The Bertz CT molecular complexity index is 874. The molecule has 0 N–H and O–H groups in total. The molecule has 2 fully saturated rings. The van der Waals surface area contributed by atoms with Crippen LogP contribution in [0.3, 0.4) is 0 Å². The summed E-state index contributed by atoms with van der Waals surface area (Å²) in [7, 11) is 1.36. The highest BCUT2D eigenvalue weighted by Crippen LogP contribution is 2.75. The van der Waals surface area contributed by atoms with E-state index in [9.17, 15) is 9.59 Å². The zero-order valence-corrected chi connectivity index (χ0v) is 13.2. The largest absolute Gasteiger partial charge is 0.466 e. The Hall–Kier alpha value is -2.62. The Morgan fingerprint density at radius 1 is 1.12 bits per heavy atom. The molecule has 24 heavy (non-hydrogen) atoms. The number of benzene rings is 2. The topological polar surface area (TPSA) is 52.6 Å². The van der Waals surface area contributed by atoms with Crippen LogP contribution in [0.25, 0.3) is 0 Å². The molecule has 2 aliphatic carbocycles. The van der Waals surface area contributed by atoms with Gasteiger partial charge < -0.3 is 9.47 Å². The molecule has 0 unspecified atom stereocenters. The average Bonchev–Trinajstić information content (AvgIpc) is 2.96. The van der Waals surface area contributed by atoms with E-state index >= 15 is 0 Å². The van der Waals surface area contributed by atoms with Crippen molar-refractivity contribution in [1.82, 2.24) is 0 Å². The smallest absolute Gasteiger partial charge is 0.352 e. The summed E-state index contributed by atoms with van der Waals surface area (Å²) in [5.41, 5.74) is 1.03. The molecule has 0 amide bonds. The Morgan fingerprint density at radius 3 is 2.54 bits per heavy atom. The van der Waals surface area contributed by atoms with Gasteiger partial charge in [0.25, 0.3) is 0 Å². The third-order valence-corrected chi connectivity index (χ3v) is 6.10. The molecule has 2 aromatic carbocycles. The van der Waals surface area contributed by atoms with Crippen LogP contribution >= 0.6 is 0 Å². The lowest BCUT2D eigenvalue weighted by Gasteiger charge is -2.69. The third kappa shape index (κ3) is 1.18. The van der Waals surface area contributed by atoms with Crippen molar-refractivity contribution in [2.75, 3.05) is 7.11 Å². The number of hydrogen-bond acceptors (Lipinski definition) is 4. The molecule has 5 rings (SSSR count). The van der Waals surface area contributed by atoms with Crippen LogP contribution in [0.15, 0.2) is 54.6 Å². The first-order valence-electron chi connectivity index (χ1n) is 8.13. The number of fused-ring (bicyclic) bond motifs is 6. The minimum Gasteiger partial charge on any atom is -0.466 e. The van der Waals surface area contributed by atoms with E-state index in [1.165, 1.54) is 12.7 Å². The van der Waals surface area contributed by atoms with Gasteiger partial charge in [-0.15, -0.1) is 0 Å². The summed E-state index contributed by atoms with van der Waals surface area (Å²) < 4.78 is 10.6. The van der Waals surface area contributed by atoms with E-state index in [-0.39, 0.29) is 17.8 Å². The van der Waals surface area contributed by atoms with Crippen molar-refractivity contribution in [3.05, 3.63) is 71.3 Å².